The first-order valence-electron chi connectivity index (χ1n) is 6.91. The highest BCUT2D eigenvalue weighted by molar-refractivity contribution is 5.85. The number of hydrogen-bond acceptors (Lipinski definition) is 4. The molecule has 0 bridgehead atoms. The standard InChI is InChI=1S/C14H19N3O3/c1-9-15-11-8-17(7-10(11)12(18)16(9)3)13(19)14(2)5-4-6-20-14/h4-8H2,1-3H3/t14-/m0/s1. The van der Waals surface area contributed by atoms with E-state index in [-0.39, 0.29) is 11.5 Å². The van der Waals surface area contributed by atoms with Gasteiger partial charge in [0, 0.05) is 13.7 Å². The zero-order valence-electron chi connectivity index (χ0n) is 12.1. The first-order valence-corrected chi connectivity index (χ1v) is 6.91. The van der Waals surface area contributed by atoms with E-state index >= 15 is 0 Å². The zero-order valence-corrected chi connectivity index (χ0v) is 12.1. The summed E-state index contributed by atoms with van der Waals surface area (Å²) < 4.78 is 7.12. The fourth-order valence-electron chi connectivity index (χ4n) is 2.95. The largest absolute Gasteiger partial charge is 0.365 e. The average Bonchev–Trinajstić information content (AvgIpc) is 3.03. The third kappa shape index (κ3) is 1.86. The molecule has 1 fully saturated rings. The van der Waals surface area contributed by atoms with Gasteiger partial charge in [-0.2, -0.15) is 0 Å². The van der Waals surface area contributed by atoms with E-state index in [1.807, 2.05) is 6.92 Å². The Kier molecular flexibility index (Phi) is 2.93. The van der Waals surface area contributed by atoms with Crippen LogP contribution in [0.25, 0.3) is 0 Å². The number of carbonyl (C=O) groups is 1. The highest BCUT2D eigenvalue weighted by atomic mass is 16.5. The van der Waals surface area contributed by atoms with Crippen LogP contribution in [-0.2, 0) is 29.7 Å². The van der Waals surface area contributed by atoms with Gasteiger partial charge in [-0.15, -0.1) is 0 Å². The van der Waals surface area contributed by atoms with Crippen molar-refractivity contribution in [2.24, 2.45) is 7.05 Å². The van der Waals surface area contributed by atoms with Crippen molar-refractivity contribution in [2.75, 3.05) is 6.61 Å². The number of fused-ring (bicyclic) bond motifs is 1. The normalized spacial score (nSPS) is 25.1. The molecule has 0 N–H and O–H groups in total. The molecule has 2 aliphatic rings. The van der Waals surface area contributed by atoms with E-state index in [4.69, 9.17) is 4.74 Å². The van der Waals surface area contributed by atoms with Crippen molar-refractivity contribution in [3.63, 3.8) is 0 Å². The second kappa shape index (κ2) is 4.41. The van der Waals surface area contributed by atoms with Gasteiger partial charge in [0.25, 0.3) is 11.5 Å². The molecule has 1 aromatic rings. The summed E-state index contributed by atoms with van der Waals surface area (Å²) in [5.74, 6) is 0.638. The van der Waals surface area contributed by atoms with Crippen molar-refractivity contribution in [3.8, 4) is 0 Å². The summed E-state index contributed by atoms with van der Waals surface area (Å²) in [5.41, 5.74) is 0.566. The lowest BCUT2D eigenvalue weighted by atomic mass is 10.0. The molecule has 1 aromatic heterocycles. The van der Waals surface area contributed by atoms with E-state index in [1.54, 1.807) is 18.9 Å². The highest BCUT2D eigenvalue weighted by Gasteiger charge is 2.42. The van der Waals surface area contributed by atoms with E-state index in [0.29, 0.717) is 31.1 Å². The molecule has 0 spiro atoms. The molecule has 6 nitrogen and oxygen atoms in total. The summed E-state index contributed by atoms with van der Waals surface area (Å²) in [6, 6.07) is 0. The summed E-state index contributed by atoms with van der Waals surface area (Å²) in [6.07, 6.45) is 1.64. The minimum atomic E-state index is -0.734. The van der Waals surface area contributed by atoms with Crippen molar-refractivity contribution < 1.29 is 9.53 Å². The fourth-order valence-corrected chi connectivity index (χ4v) is 2.95. The Hall–Kier alpha value is -1.69. The van der Waals surface area contributed by atoms with Crippen molar-refractivity contribution in [2.45, 2.75) is 45.4 Å². The molecular formula is C14H19N3O3. The minimum absolute atomic E-state index is 0.0345. The molecule has 2 aliphatic heterocycles. The second-order valence-corrected chi connectivity index (χ2v) is 5.79. The van der Waals surface area contributed by atoms with Crippen LogP contribution in [0.4, 0.5) is 0 Å². The van der Waals surface area contributed by atoms with Gasteiger partial charge in [0.15, 0.2) is 0 Å². The molecule has 3 rings (SSSR count). The second-order valence-electron chi connectivity index (χ2n) is 5.79. The number of nitrogens with zero attached hydrogens (tertiary/aromatic N) is 3. The predicted octanol–water partition coefficient (Wildman–Crippen LogP) is 0.500. The molecule has 0 aliphatic carbocycles. The average molecular weight is 277 g/mol. The van der Waals surface area contributed by atoms with Crippen LogP contribution >= 0.6 is 0 Å². The van der Waals surface area contributed by atoms with Crippen LogP contribution in [0.1, 0.15) is 36.8 Å². The molecule has 6 heteroatoms. The zero-order chi connectivity index (χ0) is 14.5. The fraction of sp³-hybridized carbons (Fsp3) is 0.643. The molecule has 1 amide bonds. The summed E-state index contributed by atoms with van der Waals surface area (Å²) in [6.45, 7) is 5.01. The first kappa shape index (κ1) is 13.3. The van der Waals surface area contributed by atoms with Gasteiger partial charge in [-0.3, -0.25) is 14.2 Å². The van der Waals surface area contributed by atoms with E-state index in [9.17, 15) is 9.59 Å². The Labute approximate surface area is 117 Å². The van der Waals surface area contributed by atoms with Crippen molar-refractivity contribution in [1.29, 1.82) is 0 Å². The van der Waals surface area contributed by atoms with E-state index in [0.717, 1.165) is 18.5 Å². The maximum atomic E-state index is 12.6. The van der Waals surface area contributed by atoms with Crippen molar-refractivity contribution in [1.82, 2.24) is 14.5 Å². The lowest BCUT2D eigenvalue weighted by molar-refractivity contribution is -0.151. The van der Waals surface area contributed by atoms with E-state index in [1.165, 1.54) is 4.57 Å². The molecular weight excluding hydrogens is 258 g/mol. The smallest absolute Gasteiger partial charge is 0.258 e. The van der Waals surface area contributed by atoms with Crippen LogP contribution < -0.4 is 5.56 Å². The number of hydrogen-bond donors (Lipinski definition) is 0. The van der Waals surface area contributed by atoms with Gasteiger partial charge in [0.05, 0.1) is 24.3 Å². The molecule has 0 radical (unpaired) electrons. The van der Waals surface area contributed by atoms with Gasteiger partial charge in [0.1, 0.15) is 11.4 Å². The minimum Gasteiger partial charge on any atom is -0.365 e. The number of amides is 1. The number of rotatable bonds is 1. The Morgan fingerprint density at radius 2 is 2.15 bits per heavy atom. The number of carbonyl (C=O) groups excluding carboxylic acids is 1. The molecule has 1 saturated heterocycles. The van der Waals surface area contributed by atoms with Crippen LogP contribution in [0.3, 0.4) is 0 Å². The highest BCUT2D eigenvalue weighted by Crippen LogP contribution is 2.30. The van der Waals surface area contributed by atoms with Gasteiger partial charge < -0.3 is 9.64 Å². The third-order valence-electron chi connectivity index (χ3n) is 4.34. The summed E-state index contributed by atoms with van der Waals surface area (Å²) in [5, 5.41) is 0. The molecule has 0 unspecified atom stereocenters. The predicted molar refractivity (Wildman–Crippen MR) is 72.1 cm³/mol. The topological polar surface area (TPSA) is 64.4 Å². The molecule has 0 aromatic carbocycles. The number of ether oxygens (including phenoxy) is 1. The summed E-state index contributed by atoms with van der Waals surface area (Å²) >= 11 is 0. The lowest BCUT2D eigenvalue weighted by Gasteiger charge is -2.27. The first-order chi connectivity index (χ1) is 9.42. The molecule has 0 saturated carbocycles. The summed E-state index contributed by atoms with van der Waals surface area (Å²) in [4.78, 5) is 30.9. The number of aryl methyl sites for hydroxylation is 1. The molecule has 108 valence electrons. The Morgan fingerprint density at radius 1 is 1.40 bits per heavy atom. The SMILES string of the molecule is Cc1nc2c(c(=O)n1C)CN(C(=O)[C@]1(C)CCCO1)C2. The van der Waals surface area contributed by atoms with Crippen LogP contribution in [0.15, 0.2) is 4.79 Å². The van der Waals surface area contributed by atoms with Crippen LogP contribution in [0, 0.1) is 6.92 Å². The van der Waals surface area contributed by atoms with Crippen LogP contribution in [0.5, 0.6) is 0 Å². The Morgan fingerprint density at radius 3 is 2.80 bits per heavy atom. The van der Waals surface area contributed by atoms with Gasteiger partial charge in [-0.1, -0.05) is 0 Å². The third-order valence-corrected chi connectivity index (χ3v) is 4.34. The molecule has 3 heterocycles. The van der Waals surface area contributed by atoms with E-state index < -0.39 is 5.60 Å². The summed E-state index contributed by atoms with van der Waals surface area (Å²) in [7, 11) is 1.71. The molecule has 20 heavy (non-hydrogen) atoms. The van der Waals surface area contributed by atoms with E-state index in [2.05, 4.69) is 4.98 Å². The monoisotopic (exact) mass is 277 g/mol. The van der Waals surface area contributed by atoms with Crippen LogP contribution in [0.2, 0.25) is 0 Å². The van der Waals surface area contributed by atoms with Crippen molar-refractivity contribution >= 4 is 5.91 Å². The van der Waals surface area contributed by atoms with Gasteiger partial charge in [-0.25, -0.2) is 4.98 Å². The lowest BCUT2D eigenvalue weighted by Crippen LogP contribution is -2.44. The van der Waals surface area contributed by atoms with Gasteiger partial charge >= 0.3 is 0 Å². The Bertz CT molecular complexity index is 629. The number of aromatic nitrogens is 2. The van der Waals surface area contributed by atoms with Crippen molar-refractivity contribution in [3.05, 3.63) is 27.4 Å². The maximum Gasteiger partial charge on any atom is 0.258 e. The van der Waals surface area contributed by atoms with Gasteiger partial charge in [0.2, 0.25) is 0 Å². The maximum absolute atomic E-state index is 12.6. The van der Waals surface area contributed by atoms with Crippen LogP contribution in [-0.4, -0.2) is 32.6 Å². The van der Waals surface area contributed by atoms with Gasteiger partial charge in [-0.05, 0) is 26.7 Å². The Balaban J connectivity index is 1.89. The quantitative estimate of drug-likeness (QED) is 0.750. The molecule has 1 atom stereocenters.